The number of hydrogen-bond donors (Lipinski definition) is 2. The van der Waals surface area contributed by atoms with Gasteiger partial charge in [-0.1, -0.05) is 38.1 Å². The van der Waals surface area contributed by atoms with Crippen LogP contribution in [0.15, 0.2) is 30.3 Å². The Morgan fingerprint density at radius 1 is 0.778 bits per heavy atom. The average Bonchev–Trinajstić information content (AvgIpc) is 2.70. The Balaban J connectivity index is 0.000000345. The number of aryl methyl sites for hydroxylation is 2. The summed E-state index contributed by atoms with van der Waals surface area (Å²) >= 11 is 0. The molecule has 2 aromatic rings. The van der Waals surface area contributed by atoms with Crippen LogP contribution in [0.4, 0.5) is 0 Å². The molecule has 0 spiro atoms. The van der Waals surface area contributed by atoms with Crippen molar-refractivity contribution in [1.29, 1.82) is 0 Å². The second kappa shape index (κ2) is 11.3. The molecule has 5 heteroatoms. The molecule has 0 aliphatic heterocycles. The maximum atomic E-state index is 8.95. The third kappa shape index (κ3) is 5.96. The van der Waals surface area contributed by atoms with Crippen LogP contribution in [0.1, 0.15) is 52.7 Å². The van der Waals surface area contributed by atoms with Crippen LogP contribution in [-0.2, 0) is 12.8 Å². The van der Waals surface area contributed by atoms with E-state index in [0.29, 0.717) is 5.75 Å². The van der Waals surface area contributed by atoms with Crippen molar-refractivity contribution < 1.29 is 19.2 Å². The fraction of sp³-hybridized carbons (Fsp3) is 0.545. The molecule has 0 atom stereocenters. The predicted octanol–water partition coefficient (Wildman–Crippen LogP) is 4.20. The van der Waals surface area contributed by atoms with E-state index in [-0.39, 0.29) is 0 Å². The summed E-state index contributed by atoms with van der Waals surface area (Å²) in [6.45, 7) is 18.4. The molecule has 27 heavy (non-hydrogen) atoms. The molecule has 0 fully saturated rings. The van der Waals surface area contributed by atoms with Crippen molar-refractivity contribution in [2.24, 2.45) is 0 Å². The van der Waals surface area contributed by atoms with E-state index in [4.69, 9.17) is 14.7 Å². The van der Waals surface area contributed by atoms with Gasteiger partial charge >= 0.3 is 7.32 Å². The molecular weight excluding hydrogens is 337 g/mol. The molecule has 0 radical (unpaired) electrons. The van der Waals surface area contributed by atoms with E-state index in [1.807, 2.05) is 18.2 Å². The van der Waals surface area contributed by atoms with Crippen molar-refractivity contribution in [3.8, 4) is 5.75 Å². The molecule has 0 aliphatic rings. The van der Waals surface area contributed by atoms with Crippen molar-refractivity contribution in [3.63, 3.8) is 0 Å². The highest BCUT2D eigenvalue weighted by Gasteiger charge is 2.16. The predicted molar refractivity (Wildman–Crippen MR) is 116 cm³/mol. The maximum Gasteiger partial charge on any atom is 0.707 e. The largest absolute Gasteiger partial charge is 0.707 e. The Bertz CT molecular complexity index is 672. The fourth-order valence-electron chi connectivity index (χ4n) is 3.68. The maximum absolute atomic E-state index is 8.95. The molecule has 2 aromatic carbocycles. The molecule has 0 aliphatic carbocycles. The van der Waals surface area contributed by atoms with Gasteiger partial charge in [0.1, 0.15) is 5.75 Å². The molecule has 0 unspecified atom stereocenters. The van der Waals surface area contributed by atoms with Crippen LogP contribution in [-0.4, -0.2) is 48.0 Å². The lowest BCUT2D eigenvalue weighted by atomic mass is 9.95. The summed E-state index contributed by atoms with van der Waals surface area (Å²) in [7, 11) is -1.79. The minimum atomic E-state index is -1.79. The quantitative estimate of drug-likeness (QED) is 0.538. The third-order valence-electron chi connectivity index (χ3n) is 5.85. The Morgan fingerprint density at radius 3 is 1.70 bits per heavy atom. The molecule has 150 valence electrons. The van der Waals surface area contributed by atoms with E-state index in [1.165, 1.54) is 47.2 Å². The number of hydrogen-bond acceptors (Lipinski definition) is 3. The summed E-state index contributed by atoms with van der Waals surface area (Å²) in [6, 6.07) is 9.79. The average molecular weight is 374 g/mol. The molecule has 0 saturated heterocycles. The van der Waals surface area contributed by atoms with Gasteiger partial charge in [-0.3, -0.25) is 0 Å². The highest BCUT2D eigenvalue weighted by atomic mass is 16.6. The van der Waals surface area contributed by atoms with Gasteiger partial charge in [-0.05, 0) is 63.1 Å². The summed E-state index contributed by atoms with van der Waals surface area (Å²) in [4.78, 5) is 0. The van der Waals surface area contributed by atoms with Gasteiger partial charge in [0.05, 0.1) is 26.2 Å². The second-order valence-electron chi connectivity index (χ2n) is 6.82. The molecule has 0 aromatic heterocycles. The summed E-state index contributed by atoms with van der Waals surface area (Å²) in [5.74, 6) is 0.507. The normalized spacial score (nSPS) is 11.1. The summed E-state index contributed by atoms with van der Waals surface area (Å²) in [6.07, 6.45) is 1.88. The fourth-order valence-corrected chi connectivity index (χ4v) is 3.68. The number of rotatable bonds is 8. The topological polar surface area (TPSA) is 49.7 Å². The highest BCUT2D eigenvalue weighted by molar-refractivity contribution is 6.34. The molecule has 0 saturated carbocycles. The van der Waals surface area contributed by atoms with Gasteiger partial charge < -0.3 is 19.2 Å². The van der Waals surface area contributed by atoms with E-state index in [2.05, 4.69) is 47.6 Å². The number of benzene rings is 2. The lowest BCUT2D eigenvalue weighted by molar-refractivity contribution is -0.921. The van der Waals surface area contributed by atoms with Crippen LogP contribution in [0.2, 0.25) is 0 Å². The molecule has 2 rings (SSSR count). The lowest BCUT2D eigenvalue weighted by Gasteiger charge is -2.34. The van der Waals surface area contributed by atoms with Crippen LogP contribution in [0.3, 0.4) is 0 Å². The van der Waals surface area contributed by atoms with Crippen LogP contribution in [0.25, 0.3) is 10.8 Å². The van der Waals surface area contributed by atoms with Crippen LogP contribution < -0.4 is 4.65 Å². The van der Waals surface area contributed by atoms with Gasteiger partial charge in [-0.25, -0.2) is 0 Å². The van der Waals surface area contributed by atoms with Crippen molar-refractivity contribution in [2.75, 3.05) is 26.2 Å². The number of fused-ring (bicyclic) bond motifs is 1. The minimum absolute atomic E-state index is 0.507. The zero-order valence-corrected chi connectivity index (χ0v) is 18.0. The van der Waals surface area contributed by atoms with E-state index in [9.17, 15) is 0 Å². The van der Waals surface area contributed by atoms with E-state index in [0.717, 1.165) is 18.2 Å². The molecule has 0 heterocycles. The second-order valence-corrected chi connectivity index (χ2v) is 6.82. The first-order chi connectivity index (χ1) is 12.9. The van der Waals surface area contributed by atoms with Crippen LogP contribution >= 0.6 is 0 Å². The Labute approximate surface area is 165 Å². The zero-order valence-electron chi connectivity index (χ0n) is 18.0. The minimum Gasteiger partial charge on any atom is -0.512 e. The van der Waals surface area contributed by atoms with Crippen LogP contribution in [0.5, 0.6) is 5.75 Å². The Morgan fingerprint density at radius 2 is 1.30 bits per heavy atom. The van der Waals surface area contributed by atoms with Crippen molar-refractivity contribution >= 4 is 18.1 Å². The summed E-state index contributed by atoms with van der Waals surface area (Å²) in [5, 5.41) is 20.0. The van der Waals surface area contributed by atoms with Gasteiger partial charge in [0.2, 0.25) is 0 Å². The van der Waals surface area contributed by atoms with Gasteiger partial charge in [-0.15, -0.1) is 0 Å². The summed E-state index contributed by atoms with van der Waals surface area (Å²) in [5.41, 5.74) is 2.50. The summed E-state index contributed by atoms with van der Waals surface area (Å²) < 4.78 is 6.32. The van der Waals surface area contributed by atoms with Crippen molar-refractivity contribution in [3.05, 3.63) is 41.5 Å². The smallest absolute Gasteiger partial charge is 0.512 e. The van der Waals surface area contributed by atoms with Gasteiger partial charge in [0.25, 0.3) is 0 Å². The van der Waals surface area contributed by atoms with E-state index in [1.54, 1.807) is 6.07 Å². The highest BCUT2D eigenvalue weighted by Crippen LogP contribution is 2.32. The van der Waals surface area contributed by atoms with Crippen LogP contribution in [0, 0.1) is 0 Å². The van der Waals surface area contributed by atoms with E-state index < -0.39 is 7.32 Å². The molecular formula is C22H37BNO3+. The van der Waals surface area contributed by atoms with Crippen molar-refractivity contribution in [1.82, 2.24) is 0 Å². The zero-order chi connectivity index (χ0) is 20.4. The Hall–Kier alpha value is -1.56. The van der Waals surface area contributed by atoms with Gasteiger partial charge in [0.15, 0.2) is 0 Å². The molecule has 2 N–H and O–H groups in total. The molecule has 4 nitrogen and oxygen atoms in total. The van der Waals surface area contributed by atoms with Gasteiger partial charge in [0, 0.05) is 5.39 Å². The lowest BCUT2D eigenvalue weighted by Crippen LogP contribution is -2.47. The first-order valence-electron chi connectivity index (χ1n) is 10.3. The first-order valence-corrected chi connectivity index (χ1v) is 10.3. The molecule has 0 amide bonds. The monoisotopic (exact) mass is 374 g/mol. The first kappa shape index (κ1) is 23.5. The van der Waals surface area contributed by atoms with Crippen molar-refractivity contribution in [2.45, 2.75) is 54.4 Å². The standard InChI is InChI=1S/C14H17BO3.C8H20N/c1-3-10-6-5-7-12-13(18-15(16)17)9-8-11(4-2)14(10)12;1-5-9(6-2,7-3)8-4/h5-9,16-17H,3-4H2,1-2H3;5-8H2,1-4H3/q;+1. The number of quaternary nitrogens is 1. The Kier molecular flexibility index (Phi) is 9.85. The third-order valence-corrected chi connectivity index (χ3v) is 5.85. The van der Waals surface area contributed by atoms with E-state index >= 15 is 0 Å². The van der Waals surface area contributed by atoms with Gasteiger partial charge in [-0.2, -0.15) is 0 Å². The number of nitrogens with zero attached hydrogens (tertiary/aromatic N) is 1. The molecule has 0 bridgehead atoms. The SMILES string of the molecule is CC[N+](CC)(CC)CC.CCc1cccc2c(OB(O)O)ccc(CC)c12.